The molecule has 1 unspecified atom stereocenters. The molecule has 120 valence electrons. The summed E-state index contributed by atoms with van der Waals surface area (Å²) >= 11 is 5.82. The lowest BCUT2D eigenvalue weighted by Gasteiger charge is -2.37. The van der Waals surface area contributed by atoms with Gasteiger partial charge in [0.05, 0.1) is 5.56 Å². The molecule has 1 aliphatic rings. The van der Waals surface area contributed by atoms with Crippen LogP contribution in [0.15, 0.2) is 18.2 Å². The molecule has 0 heterocycles. The van der Waals surface area contributed by atoms with Crippen LogP contribution in [-0.4, -0.2) is 22.5 Å². The topological polar surface area (TPSA) is 92.4 Å². The highest BCUT2D eigenvalue weighted by molar-refractivity contribution is 6.31. The van der Waals surface area contributed by atoms with Gasteiger partial charge in [-0.05, 0) is 43.9 Å². The summed E-state index contributed by atoms with van der Waals surface area (Å²) in [5.74, 6) is -1.57. The Kier molecular flexibility index (Phi) is 4.96. The summed E-state index contributed by atoms with van der Waals surface area (Å²) in [4.78, 5) is 24.2. The van der Waals surface area contributed by atoms with Gasteiger partial charge < -0.3 is 16.2 Å². The Morgan fingerprint density at radius 3 is 2.50 bits per heavy atom. The van der Waals surface area contributed by atoms with Gasteiger partial charge in [-0.15, -0.1) is 0 Å². The van der Waals surface area contributed by atoms with E-state index < -0.39 is 17.4 Å². The lowest BCUT2D eigenvalue weighted by atomic mass is 9.75. The molecule has 0 aliphatic heterocycles. The molecule has 0 spiro atoms. The Hall–Kier alpha value is -1.75. The fourth-order valence-electron chi connectivity index (χ4n) is 3.05. The van der Waals surface area contributed by atoms with E-state index in [4.69, 9.17) is 17.3 Å². The standard InChI is InChI=1S/C16H21ClN2O3/c1-16(15(21)22,10-5-3-2-4-6-10)19-14(20)12-8-7-11(17)9-13(12)18/h7-10H,2-6,18H2,1H3,(H,19,20)(H,21,22). The van der Waals surface area contributed by atoms with Crippen LogP contribution in [0.4, 0.5) is 5.69 Å². The Morgan fingerprint density at radius 1 is 1.32 bits per heavy atom. The first-order chi connectivity index (χ1) is 10.3. The zero-order chi connectivity index (χ0) is 16.3. The second kappa shape index (κ2) is 6.57. The summed E-state index contributed by atoms with van der Waals surface area (Å²) in [6.45, 7) is 1.58. The van der Waals surface area contributed by atoms with Crippen LogP contribution in [0.3, 0.4) is 0 Å². The second-order valence-electron chi connectivity index (χ2n) is 6.03. The number of carbonyl (C=O) groups excluding carboxylic acids is 1. The molecule has 6 heteroatoms. The van der Waals surface area contributed by atoms with Crippen molar-refractivity contribution >= 4 is 29.2 Å². The predicted octanol–water partition coefficient (Wildman–Crippen LogP) is 3.08. The maximum atomic E-state index is 12.4. The number of carboxylic acids is 1. The maximum absolute atomic E-state index is 12.4. The number of anilines is 1. The molecule has 1 aliphatic carbocycles. The highest BCUT2D eigenvalue weighted by Gasteiger charge is 2.43. The average molecular weight is 325 g/mol. The number of carbonyl (C=O) groups is 2. The number of rotatable bonds is 4. The first-order valence-electron chi connectivity index (χ1n) is 7.45. The third-order valence-electron chi connectivity index (χ3n) is 4.50. The molecule has 22 heavy (non-hydrogen) atoms. The van der Waals surface area contributed by atoms with E-state index in [9.17, 15) is 14.7 Å². The van der Waals surface area contributed by atoms with Gasteiger partial charge in [0.1, 0.15) is 5.54 Å². The van der Waals surface area contributed by atoms with Gasteiger partial charge in [-0.3, -0.25) is 4.79 Å². The summed E-state index contributed by atoms with van der Waals surface area (Å²) in [5, 5.41) is 12.7. The molecule has 1 aromatic carbocycles. The van der Waals surface area contributed by atoms with E-state index in [1.54, 1.807) is 13.0 Å². The highest BCUT2D eigenvalue weighted by Crippen LogP contribution is 2.33. The average Bonchev–Trinajstić information content (AvgIpc) is 2.47. The summed E-state index contributed by atoms with van der Waals surface area (Å²) < 4.78 is 0. The molecule has 1 atom stereocenters. The van der Waals surface area contributed by atoms with Crippen molar-refractivity contribution in [3.63, 3.8) is 0 Å². The second-order valence-corrected chi connectivity index (χ2v) is 6.46. The van der Waals surface area contributed by atoms with Crippen molar-refractivity contribution in [1.29, 1.82) is 0 Å². The molecule has 0 radical (unpaired) electrons. The van der Waals surface area contributed by atoms with E-state index in [0.29, 0.717) is 5.02 Å². The molecule has 0 saturated heterocycles. The Balaban J connectivity index is 2.23. The highest BCUT2D eigenvalue weighted by atomic mass is 35.5. The lowest BCUT2D eigenvalue weighted by Crippen LogP contribution is -2.57. The largest absolute Gasteiger partial charge is 0.480 e. The van der Waals surface area contributed by atoms with Crippen molar-refractivity contribution < 1.29 is 14.7 Å². The van der Waals surface area contributed by atoms with Crippen molar-refractivity contribution in [2.75, 3.05) is 5.73 Å². The van der Waals surface area contributed by atoms with Gasteiger partial charge in [0.15, 0.2) is 0 Å². The third-order valence-corrected chi connectivity index (χ3v) is 4.73. The Labute approximate surface area is 134 Å². The SMILES string of the molecule is CC(NC(=O)c1ccc(Cl)cc1N)(C(=O)O)C1CCCCC1. The fraction of sp³-hybridized carbons (Fsp3) is 0.500. The molecule has 1 saturated carbocycles. The minimum absolute atomic E-state index is 0.0729. The molecule has 1 fully saturated rings. The first-order valence-corrected chi connectivity index (χ1v) is 7.83. The number of nitrogen functional groups attached to an aromatic ring is 1. The van der Waals surface area contributed by atoms with E-state index in [-0.39, 0.29) is 17.2 Å². The van der Waals surface area contributed by atoms with E-state index in [0.717, 1.165) is 32.1 Å². The number of aliphatic carboxylic acids is 1. The van der Waals surface area contributed by atoms with Crippen LogP contribution in [0.2, 0.25) is 5.02 Å². The van der Waals surface area contributed by atoms with Gasteiger partial charge in [-0.25, -0.2) is 4.79 Å². The number of nitrogens with one attached hydrogen (secondary N) is 1. The van der Waals surface area contributed by atoms with Crippen LogP contribution in [0.1, 0.15) is 49.4 Å². The molecule has 1 aromatic rings. The monoisotopic (exact) mass is 324 g/mol. The minimum atomic E-state index is -1.29. The van der Waals surface area contributed by atoms with Gasteiger partial charge in [-0.2, -0.15) is 0 Å². The number of amides is 1. The van der Waals surface area contributed by atoms with Crippen molar-refractivity contribution in [2.24, 2.45) is 5.92 Å². The fourth-order valence-corrected chi connectivity index (χ4v) is 3.23. The molecule has 4 N–H and O–H groups in total. The van der Waals surface area contributed by atoms with Crippen LogP contribution in [0, 0.1) is 5.92 Å². The number of benzene rings is 1. The smallest absolute Gasteiger partial charge is 0.329 e. The zero-order valence-corrected chi connectivity index (χ0v) is 13.3. The predicted molar refractivity (Wildman–Crippen MR) is 85.9 cm³/mol. The number of hydrogen-bond donors (Lipinski definition) is 3. The summed E-state index contributed by atoms with van der Waals surface area (Å²) in [7, 11) is 0. The van der Waals surface area contributed by atoms with Gasteiger partial charge in [0, 0.05) is 10.7 Å². The van der Waals surface area contributed by atoms with Crippen molar-refractivity contribution in [3.05, 3.63) is 28.8 Å². The van der Waals surface area contributed by atoms with Crippen LogP contribution in [0.5, 0.6) is 0 Å². The number of halogens is 1. The van der Waals surface area contributed by atoms with Crippen LogP contribution < -0.4 is 11.1 Å². The van der Waals surface area contributed by atoms with Crippen molar-refractivity contribution in [1.82, 2.24) is 5.32 Å². The van der Waals surface area contributed by atoms with E-state index in [2.05, 4.69) is 5.32 Å². The van der Waals surface area contributed by atoms with Crippen molar-refractivity contribution in [2.45, 2.75) is 44.6 Å². The number of hydrogen-bond acceptors (Lipinski definition) is 3. The van der Waals surface area contributed by atoms with E-state index in [1.165, 1.54) is 12.1 Å². The van der Waals surface area contributed by atoms with Gasteiger partial charge >= 0.3 is 5.97 Å². The molecule has 2 rings (SSSR count). The van der Waals surface area contributed by atoms with E-state index in [1.807, 2.05) is 0 Å². The van der Waals surface area contributed by atoms with Gasteiger partial charge in [0.25, 0.3) is 5.91 Å². The third kappa shape index (κ3) is 3.35. The first kappa shape index (κ1) is 16.6. The quantitative estimate of drug-likeness (QED) is 0.742. The van der Waals surface area contributed by atoms with Crippen LogP contribution in [0.25, 0.3) is 0 Å². The minimum Gasteiger partial charge on any atom is -0.480 e. The van der Waals surface area contributed by atoms with Crippen LogP contribution >= 0.6 is 11.6 Å². The normalized spacial score (nSPS) is 18.5. The summed E-state index contributed by atoms with van der Waals surface area (Å²) in [6.07, 6.45) is 4.71. The van der Waals surface area contributed by atoms with Crippen LogP contribution in [-0.2, 0) is 4.79 Å². The molecule has 1 amide bonds. The number of carboxylic acid groups (broad SMARTS) is 1. The molecule has 0 aromatic heterocycles. The van der Waals surface area contributed by atoms with Gasteiger partial charge in [0.2, 0.25) is 0 Å². The Morgan fingerprint density at radius 2 is 1.95 bits per heavy atom. The van der Waals surface area contributed by atoms with Gasteiger partial charge in [-0.1, -0.05) is 30.9 Å². The van der Waals surface area contributed by atoms with E-state index >= 15 is 0 Å². The molecular formula is C16H21ClN2O3. The Bertz CT molecular complexity index is 585. The number of nitrogens with two attached hydrogens (primary N) is 1. The zero-order valence-electron chi connectivity index (χ0n) is 12.6. The summed E-state index contributed by atoms with van der Waals surface area (Å²) in [5.41, 5.74) is 5.00. The molecule has 0 bridgehead atoms. The molecule has 5 nitrogen and oxygen atoms in total. The van der Waals surface area contributed by atoms with Crippen molar-refractivity contribution in [3.8, 4) is 0 Å². The maximum Gasteiger partial charge on any atom is 0.329 e. The summed E-state index contributed by atoms with van der Waals surface area (Å²) in [6, 6.07) is 4.55. The molecular weight excluding hydrogens is 304 g/mol. The lowest BCUT2D eigenvalue weighted by molar-refractivity contribution is -0.146.